The van der Waals surface area contributed by atoms with Crippen molar-refractivity contribution in [1.29, 1.82) is 0 Å². The number of halogens is 1. The molecule has 188 valence electrons. The smallest absolute Gasteiger partial charge is 0.230 e. The number of nitrogens with one attached hydrogen (secondary N) is 1. The number of amides is 3. The number of thioether (sulfide) groups is 1. The predicted molar refractivity (Wildman–Crippen MR) is 131 cm³/mol. The number of anilines is 2. The molecule has 2 aliphatic rings. The van der Waals surface area contributed by atoms with Gasteiger partial charge in [0.2, 0.25) is 22.9 Å². The largest absolute Gasteiger partial charge is 0.383 e. The molecule has 0 spiro atoms. The molecule has 1 aromatic heterocycles. The molecule has 4 rings (SSSR count). The number of nitrogens with zero attached hydrogens (tertiary/aromatic N) is 5. The Bertz CT molecular complexity index is 1040. The summed E-state index contributed by atoms with van der Waals surface area (Å²) >= 11 is 2.76. The van der Waals surface area contributed by atoms with Crippen LogP contribution in [0.15, 0.2) is 28.6 Å². The second-order valence-corrected chi connectivity index (χ2v) is 10.4. The first-order valence-corrected chi connectivity index (χ1v) is 13.1. The maximum absolute atomic E-state index is 13.2. The van der Waals surface area contributed by atoms with Crippen LogP contribution in [0.4, 0.5) is 15.2 Å². The third-order valence-corrected chi connectivity index (χ3v) is 7.94. The molecule has 2 saturated heterocycles. The highest BCUT2D eigenvalue weighted by Crippen LogP contribution is 2.30. The lowest BCUT2D eigenvalue weighted by Gasteiger charge is -2.35. The summed E-state index contributed by atoms with van der Waals surface area (Å²) in [6.45, 7) is 3.54. The van der Waals surface area contributed by atoms with E-state index in [4.69, 9.17) is 4.74 Å². The lowest BCUT2D eigenvalue weighted by atomic mass is 10.1. The number of piperazine rings is 1. The average molecular weight is 523 g/mol. The summed E-state index contributed by atoms with van der Waals surface area (Å²) in [5.74, 6) is -0.751. The maximum atomic E-state index is 13.2. The summed E-state index contributed by atoms with van der Waals surface area (Å²) in [7, 11) is 1.58. The van der Waals surface area contributed by atoms with Gasteiger partial charge in [0, 0.05) is 58.5 Å². The molecule has 1 N–H and O–H groups in total. The van der Waals surface area contributed by atoms with Gasteiger partial charge in [0.15, 0.2) is 4.34 Å². The minimum atomic E-state index is -0.404. The van der Waals surface area contributed by atoms with Crippen molar-refractivity contribution in [3.8, 4) is 0 Å². The molecule has 0 aliphatic carbocycles. The Morgan fingerprint density at radius 2 is 1.94 bits per heavy atom. The number of benzene rings is 1. The van der Waals surface area contributed by atoms with Crippen LogP contribution in [0.5, 0.6) is 0 Å². The van der Waals surface area contributed by atoms with Crippen LogP contribution in [0.2, 0.25) is 0 Å². The summed E-state index contributed by atoms with van der Waals surface area (Å²) in [5, 5.41) is 11.9. The van der Waals surface area contributed by atoms with Crippen molar-refractivity contribution in [2.24, 2.45) is 5.92 Å². The zero-order valence-corrected chi connectivity index (χ0v) is 20.9. The molecule has 2 fully saturated rings. The quantitative estimate of drug-likeness (QED) is 0.387. The summed E-state index contributed by atoms with van der Waals surface area (Å²) in [5.41, 5.74) is 0.605. The minimum Gasteiger partial charge on any atom is -0.383 e. The molecule has 0 saturated carbocycles. The highest BCUT2D eigenvalue weighted by Gasteiger charge is 2.38. The number of carbonyl (C=O) groups is 3. The Balaban J connectivity index is 1.24. The number of carbonyl (C=O) groups excluding carboxylic acids is 3. The number of ether oxygens (including phenoxy) is 1. The molecule has 3 heterocycles. The molecule has 10 nitrogen and oxygen atoms in total. The predicted octanol–water partition coefficient (Wildman–Crippen LogP) is 1.23. The van der Waals surface area contributed by atoms with E-state index in [0.717, 1.165) is 5.13 Å². The van der Waals surface area contributed by atoms with E-state index >= 15 is 0 Å². The number of aromatic nitrogens is 2. The Morgan fingerprint density at radius 3 is 2.66 bits per heavy atom. The van der Waals surface area contributed by atoms with E-state index in [1.54, 1.807) is 29.0 Å². The van der Waals surface area contributed by atoms with Gasteiger partial charge in [-0.25, -0.2) is 4.39 Å². The van der Waals surface area contributed by atoms with Crippen LogP contribution in [0.3, 0.4) is 0 Å². The van der Waals surface area contributed by atoms with Crippen LogP contribution in [0.25, 0.3) is 0 Å². The molecule has 3 amide bonds. The normalized spacial score (nSPS) is 18.3. The van der Waals surface area contributed by atoms with Gasteiger partial charge in [0.1, 0.15) is 5.82 Å². The average Bonchev–Trinajstić information content (AvgIpc) is 3.50. The molecule has 35 heavy (non-hydrogen) atoms. The molecule has 13 heteroatoms. The summed E-state index contributed by atoms with van der Waals surface area (Å²) < 4.78 is 18.8. The van der Waals surface area contributed by atoms with E-state index in [1.807, 2.05) is 0 Å². The van der Waals surface area contributed by atoms with Crippen molar-refractivity contribution in [1.82, 2.24) is 20.4 Å². The zero-order valence-electron chi connectivity index (χ0n) is 19.3. The Hall–Kier alpha value is -2.77. The van der Waals surface area contributed by atoms with E-state index < -0.39 is 5.92 Å². The molecule has 1 unspecified atom stereocenters. The van der Waals surface area contributed by atoms with Gasteiger partial charge in [-0.3, -0.25) is 14.4 Å². The van der Waals surface area contributed by atoms with Crippen molar-refractivity contribution in [2.75, 3.05) is 68.5 Å². The van der Waals surface area contributed by atoms with Crippen molar-refractivity contribution < 1.29 is 23.5 Å². The van der Waals surface area contributed by atoms with Gasteiger partial charge in [-0.1, -0.05) is 23.1 Å². The van der Waals surface area contributed by atoms with Gasteiger partial charge in [-0.2, -0.15) is 0 Å². The molecule has 1 atom stereocenters. The molecular weight excluding hydrogens is 495 g/mol. The maximum Gasteiger partial charge on any atom is 0.230 e. The number of hydrogen-bond donors (Lipinski definition) is 1. The summed E-state index contributed by atoms with van der Waals surface area (Å²) in [6.07, 6.45) is 0.159. The third kappa shape index (κ3) is 6.47. The Kier molecular flexibility index (Phi) is 8.52. The highest BCUT2D eigenvalue weighted by atomic mass is 32.2. The monoisotopic (exact) mass is 522 g/mol. The van der Waals surface area contributed by atoms with Crippen LogP contribution in [-0.4, -0.2) is 91.6 Å². The fraction of sp³-hybridized carbons (Fsp3) is 0.500. The summed E-state index contributed by atoms with van der Waals surface area (Å²) in [6, 6.07) is 5.74. The van der Waals surface area contributed by atoms with Crippen LogP contribution in [0, 0.1) is 11.7 Å². The first-order valence-electron chi connectivity index (χ1n) is 11.3. The van der Waals surface area contributed by atoms with Gasteiger partial charge in [0.05, 0.1) is 18.3 Å². The molecule has 1 aromatic carbocycles. The van der Waals surface area contributed by atoms with Crippen LogP contribution in [0.1, 0.15) is 6.42 Å². The first-order chi connectivity index (χ1) is 16.9. The molecule has 0 radical (unpaired) electrons. The fourth-order valence-electron chi connectivity index (χ4n) is 3.98. The molecular formula is C22H27FN6O4S2. The Labute approximate surface area is 210 Å². The van der Waals surface area contributed by atoms with Crippen LogP contribution >= 0.6 is 23.1 Å². The van der Waals surface area contributed by atoms with E-state index in [9.17, 15) is 18.8 Å². The topological polar surface area (TPSA) is 108 Å². The zero-order chi connectivity index (χ0) is 24.8. The van der Waals surface area contributed by atoms with Crippen LogP contribution in [-0.2, 0) is 19.1 Å². The van der Waals surface area contributed by atoms with Crippen molar-refractivity contribution >= 4 is 51.6 Å². The van der Waals surface area contributed by atoms with E-state index in [0.29, 0.717) is 55.9 Å². The Morgan fingerprint density at radius 1 is 1.20 bits per heavy atom. The van der Waals surface area contributed by atoms with Gasteiger partial charge in [0.25, 0.3) is 0 Å². The lowest BCUT2D eigenvalue weighted by Crippen LogP contribution is -2.50. The van der Waals surface area contributed by atoms with E-state index in [-0.39, 0.29) is 35.7 Å². The highest BCUT2D eigenvalue weighted by molar-refractivity contribution is 8.01. The number of methoxy groups -OCH3 is 1. The van der Waals surface area contributed by atoms with Crippen molar-refractivity contribution in [2.45, 2.75) is 10.8 Å². The third-order valence-electron chi connectivity index (χ3n) is 5.83. The van der Waals surface area contributed by atoms with Crippen molar-refractivity contribution in [3.63, 3.8) is 0 Å². The molecule has 2 aromatic rings. The fourth-order valence-corrected chi connectivity index (χ4v) is 5.70. The number of hydrogen-bond acceptors (Lipinski definition) is 9. The van der Waals surface area contributed by atoms with E-state index in [2.05, 4.69) is 20.4 Å². The van der Waals surface area contributed by atoms with Crippen LogP contribution < -0.4 is 15.1 Å². The second-order valence-electron chi connectivity index (χ2n) is 8.18. The standard InChI is InChI=1S/C22H27FN6O4S2/c1-33-11-6-24-18(30)14-34-22-26-25-21(35-22)28-9-7-27(8-10-28)20(32)15-12-19(31)29(13-15)17-4-2-16(23)3-5-17/h2-5,15H,6-14H2,1H3,(H,24,30). The van der Waals surface area contributed by atoms with Gasteiger partial charge >= 0.3 is 0 Å². The SMILES string of the molecule is COCCNC(=O)CSc1nnc(N2CCN(C(=O)C3CC(=O)N(c4ccc(F)cc4)C3)CC2)s1. The minimum absolute atomic E-state index is 0.0318. The van der Waals surface area contributed by atoms with E-state index in [1.165, 1.54) is 35.2 Å². The lowest BCUT2D eigenvalue weighted by molar-refractivity contribution is -0.136. The summed E-state index contributed by atoms with van der Waals surface area (Å²) in [4.78, 5) is 42.8. The molecule has 2 aliphatic heterocycles. The van der Waals surface area contributed by atoms with Gasteiger partial charge in [-0.15, -0.1) is 10.2 Å². The van der Waals surface area contributed by atoms with Gasteiger partial charge < -0.3 is 24.8 Å². The number of rotatable bonds is 9. The van der Waals surface area contributed by atoms with Gasteiger partial charge in [-0.05, 0) is 24.3 Å². The molecule has 0 bridgehead atoms. The second kappa shape index (κ2) is 11.8. The van der Waals surface area contributed by atoms with Crippen molar-refractivity contribution in [3.05, 3.63) is 30.1 Å². The first kappa shape index (κ1) is 25.3.